The van der Waals surface area contributed by atoms with Crippen molar-refractivity contribution in [2.24, 2.45) is 17.6 Å². The minimum Gasteiger partial charge on any atom is -0.370 e. The number of imide groups is 1. The van der Waals surface area contributed by atoms with Crippen molar-refractivity contribution in [3.05, 3.63) is 69.6 Å². The lowest BCUT2D eigenvalue weighted by Gasteiger charge is -2.31. The lowest BCUT2D eigenvalue weighted by molar-refractivity contribution is -0.142. The molecule has 70 heavy (non-hydrogen) atoms. The van der Waals surface area contributed by atoms with Gasteiger partial charge >= 0.3 is 13.3 Å². The van der Waals surface area contributed by atoms with Crippen LogP contribution in [0.3, 0.4) is 0 Å². The van der Waals surface area contributed by atoms with Crippen LogP contribution in [0.5, 0.6) is 0 Å². The highest BCUT2D eigenvalue weighted by Crippen LogP contribution is 2.59. The van der Waals surface area contributed by atoms with Gasteiger partial charge in [-0.25, -0.2) is 0 Å². The van der Waals surface area contributed by atoms with Crippen molar-refractivity contribution < 1.29 is 61.5 Å². The number of alkyl halides is 2. The summed E-state index contributed by atoms with van der Waals surface area (Å²) in [4.78, 5) is 126. The van der Waals surface area contributed by atoms with Crippen molar-refractivity contribution in [3.63, 3.8) is 0 Å². The second-order valence-electron chi connectivity index (χ2n) is 18.3. The standard InChI is InChI=1S/C48H56F2N7O11PS/c1-2-3-14-35(54-44(62)38-24-28-22-30(15-18-37(28)70-38)48(49,50)69(66,67)68)47(65)57-25-29-23-32(29)41(57)45(63)53-34(16-19-39(51)58)42(60)52-21-9-7-5-4-6-8-11-27-12-10-13-31-33(27)26-56(46(31)64)36-17-20-40(59)55-43(36)61/h10,12-13,15,18,22,24,29,32,34-36,41H,2-7,9,14,16-17,19-21,23,25-26H2,1H3,(H2,51,58)(H,52,60)(H,53,63)(H,54,62)(H,55,59,61)(H2,66,67,68)/t29-,32-,34+,35+,36?,41-/m1/s1. The van der Waals surface area contributed by atoms with Crippen LogP contribution in [0, 0.1) is 23.7 Å². The van der Waals surface area contributed by atoms with Gasteiger partial charge in [-0.05, 0) is 91.6 Å². The highest BCUT2D eigenvalue weighted by Gasteiger charge is 2.58. The molecule has 3 aliphatic heterocycles. The summed E-state index contributed by atoms with van der Waals surface area (Å²) in [6, 6.07) is 5.79. The quantitative estimate of drug-likeness (QED) is 0.0348. The number of amides is 8. The van der Waals surface area contributed by atoms with E-state index in [1.807, 2.05) is 13.0 Å². The largest absolute Gasteiger partial charge is 0.399 e. The fourth-order valence-electron chi connectivity index (χ4n) is 9.33. The van der Waals surface area contributed by atoms with Gasteiger partial charge in [0.2, 0.25) is 35.4 Å². The molecule has 3 aromatic rings. The van der Waals surface area contributed by atoms with Crippen molar-refractivity contribution in [1.29, 1.82) is 0 Å². The summed E-state index contributed by atoms with van der Waals surface area (Å²) in [5.41, 5.74) is 2.02. The smallest absolute Gasteiger partial charge is 0.370 e. The van der Waals surface area contributed by atoms with Crippen LogP contribution < -0.4 is 27.0 Å². The Morgan fingerprint density at radius 3 is 2.50 bits per heavy atom. The fraction of sp³-hybridized carbons (Fsp3) is 0.500. The second kappa shape index (κ2) is 21.9. The lowest BCUT2D eigenvalue weighted by Crippen LogP contribution is -2.57. The minimum atomic E-state index is -5.83. The van der Waals surface area contributed by atoms with Gasteiger partial charge in [-0.3, -0.25) is 48.2 Å². The number of carbonyl (C=O) groups excluding carboxylic acids is 8. The summed E-state index contributed by atoms with van der Waals surface area (Å²) in [7, 11) is -5.83. The maximum absolute atomic E-state index is 14.4. The van der Waals surface area contributed by atoms with Crippen LogP contribution in [-0.4, -0.2) is 104 Å². The number of fused-ring (bicyclic) bond motifs is 3. The molecule has 18 nitrogen and oxygen atoms in total. The van der Waals surface area contributed by atoms with E-state index in [1.165, 1.54) is 21.9 Å². The van der Waals surface area contributed by atoms with E-state index in [0.717, 1.165) is 48.3 Å². The van der Waals surface area contributed by atoms with E-state index < -0.39 is 78.4 Å². The Hall–Kier alpha value is -6.07. The number of primary amides is 1. The number of benzene rings is 2. The summed E-state index contributed by atoms with van der Waals surface area (Å²) in [5.74, 6) is 2.19. The molecular formula is C48H56F2N7O11PS. The zero-order chi connectivity index (χ0) is 50.5. The van der Waals surface area contributed by atoms with Crippen LogP contribution >= 0.6 is 18.9 Å². The maximum atomic E-state index is 14.4. The maximum Gasteiger partial charge on any atom is 0.399 e. The second-order valence-corrected chi connectivity index (χ2v) is 21.0. The third-order valence-electron chi connectivity index (χ3n) is 13.2. The number of carbonyl (C=O) groups is 8. The van der Waals surface area contributed by atoms with Gasteiger partial charge in [-0.15, -0.1) is 11.3 Å². The molecule has 374 valence electrons. The Morgan fingerprint density at radius 2 is 1.77 bits per heavy atom. The molecule has 3 fully saturated rings. The highest BCUT2D eigenvalue weighted by molar-refractivity contribution is 7.52. The molecule has 0 bridgehead atoms. The molecular weight excluding hydrogens is 952 g/mol. The number of hydrogen-bond donors (Lipinski definition) is 7. The molecule has 8 amide bonds. The number of nitrogens with zero attached hydrogens (tertiary/aromatic N) is 2. The molecule has 4 heterocycles. The van der Waals surface area contributed by atoms with E-state index in [0.29, 0.717) is 54.5 Å². The van der Waals surface area contributed by atoms with Crippen molar-refractivity contribution in [1.82, 2.24) is 31.1 Å². The number of rotatable bonds is 21. The zero-order valence-electron chi connectivity index (χ0n) is 38.5. The van der Waals surface area contributed by atoms with Crippen molar-refractivity contribution in [2.75, 3.05) is 13.1 Å². The molecule has 1 unspecified atom stereocenters. The number of nitrogens with one attached hydrogen (secondary N) is 4. The molecule has 0 spiro atoms. The normalized spacial score (nSPS) is 20.4. The third kappa shape index (κ3) is 11.7. The molecule has 22 heteroatoms. The van der Waals surface area contributed by atoms with Crippen LogP contribution in [0.25, 0.3) is 10.1 Å². The van der Waals surface area contributed by atoms with Crippen molar-refractivity contribution >= 4 is 76.3 Å². The van der Waals surface area contributed by atoms with Crippen LogP contribution in [-0.2, 0) is 45.5 Å². The number of likely N-dealkylation sites (tertiary alicyclic amines) is 1. The Morgan fingerprint density at radius 1 is 1.00 bits per heavy atom. The number of halogens is 2. The number of thiophene rings is 1. The van der Waals surface area contributed by atoms with Gasteiger partial charge in [0.25, 0.3) is 11.8 Å². The first-order valence-electron chi connectivity index (χ1n) is 23.5. The van der Waals surface area contributed by atoms with E-state index in [4.69, 9.17) is 5.73 Å². The number of unbranched alkanes of at least 4 members (excludes halogenated alkanes) is 5. The molecule has 6 atom stereocenters. The average Bonchev–Trinajstić information content (AvgIpc) is 3.59. The van der Waals surface area contributed by atoms with Gasteiger partial charge in [-0.2, -0.15) is 8.78 Å². The van der Waals surface area contributed by atoms with Crippen molar-refractivity contribution in [3.8, 4) is 11.8 Å². The fourth-order valence-corrected chi connectivity index (χ4v) is 10.8. The molecule has 2 saturated heterocycles. The van der Waals surface area contributed by atoms with Crippen LogP contribution in [0.2, 0.25) is 0 Å². The zero-order valence-corrected chi connectivity index (χ0v) is 40.2. The summed E-state index contributed by atoms with van der Waals surface area (Å²) >= 11 is 0.949. The first-order chi connectivity index (χ1) is 33.3. The molecule has 4 aliphatic rings. The lowest BCUT2D eigenvalue weighted by atomic mass is 10.0. The molecule has 7 rings (SSSR count). The number of nitrogens with two attached hydrogens (primary N) is 1. The van der Waals surface area contributed by atoms with Gasteiger partial charge in [0.1, 0.15) is 24.2 Å². The Kier molecular flexibility index (Phi) is 16.2. The van der Waals surface area contributed by atoms with E-state index in [-0.39, 0.29) is 79.1 Å². The Labute approximate surface area is 406 Å². The summed E-state index contributed by atoms with van der Waals surface area (Å²) < 4.78 is 40.7. The first kappa shape index (κ1) is 51.8. The van der Waals surface area contributed by atoms with Crippen LogP contribution in [0.15, 0.2) is 42.5 Å². The van der Waals surface area contributed by atoms with Gasteiger partial charge in [0.15, 0.2) is 0 Å². The van der Waals surface area contributed by atoms with E-state index in [2.05, 4.69) is 33.1 Å². The molecule has 1 aromatic heterocycles. The molecule has 8 N–H and O–H groups in total. The predicted octanol–water partition coefficient (Wildman–Crippen LogP) is 3.89. The minimum absolute atomic E-state index is 0.0386. The average molecular weight is 1010 g/mol. The molecule has 1 aliphatic carbocycles. The Bertz CT molecular complexity index is 2700. The summed E-state index contributed by atoms with van der Waals surface area (Å²) in [6.07, 6.45) is 5.86. The first-order valence-corrected chi connectivity index (χ1v) is 25.9. The molecule has 2 aromatic carbocycles. The molecule has 1 saturated carbocycles. The van der Waals surface area contributed by atoms with E-state index in [9.17, 15) is 61.5 Å². The van der Waals surface area contributed by atoms with E-state index >= 15 is 0 Å². The monoisotopic (exact) mass is 1010 g/mol. The number of hydrogen-bond acceptors (Lipinski definition) is 10. The SMILES string of the molecule is CCCC[C@H](NC(=O)c1cc2cc(C(F)(F)P(=O)(O)O)ccc2s1)C(=O)N1C[C@H]2C[C@H]2[C@@H]1C(=O)N[C@@H](CCC(N)=O)C(=O)NCCCCCCC#Cc1cccc2c1CN(C1CCC(=O)NC1=O)C2=O. The topological polar surface area (TPSA) is 275 Å². The van der Waals surface area contributed by atoms with Crippen molar-refractivity contribution in [2.45, 2.75) is 127 Å². The van der Waals surface area contributed by atoms with Gasteiger partial charge in [-0.1, -0.05) is 56.6 Å². The summed E-state index contributed by atoms with van der Waals surface area (Å²) in [6.45, 7) is 2.68. The molecule has 0 radical (unpaired) electrons. The van der Waals surface area contributed by atoms with Gasteiger partial charge < -0.3 is 41.3 Å². The van der Waals surface area contributed by atoms with Gasteiger partial charge in [0.05, 0.1) is 4.88 Å². The third-order valence-corrected chi connectivity index (χ3v) is 15.4. The van der Waals surface area contributed by atoms with Crippen LogP contribution in [0.4, 0.5) is 8.78 Å². The predicted molar refractivity (Wildman–Crippen MR) is 251 cm³/mol. The Balaban J connectivity index is 0.897. The summed E-state index contributed by atoms with van der Waals surface area (Å²) in [5, 5.41) is 10.8. The van der Waals surface area contributed by atoms with Crippen LogP contribution in [0.1, 0.15) is 127 Å². The van der Waals surface area contributed by atoms with Gasteiger partial charge in [0, 0.05) is 60.3 Å². The number of piperidine rings is 2. The highest BCUT2D eigenvalue weighted by atomic mass is 32.1. The van der Waals surface area contributed by atoms with E-state index in [1.54, 1.807) is 12.1 Å².